The van der Waals surface area contributed by atoms with E-state index in [1.807, 2.05) is 121 Å². The van der Waals surface area contributed by atoms with E-state index < -0.39 is 24.4 Å². The van der Waals surface area contributed by atoms with Gasteiger partial charge in [0.1, 0.15) is 5.78 Å². The zero-order valence-corrected chi connectivity index (χ0v) is 84.1. The fourth-order valence-corrected chi connectivity index (χ4v) is 20.9. The van der Waals surface area contributed by atoms with Crippen LogP contribution in [0.3, 0.4) is 0 Å². The molecular formula is C97H119Cl3O13SY4-4. The second-order valence-corrected chi connectivity index (χ2v) is 37.2. The number of unbranched alkanes of at least 4 members (excludes halogenated alkanes) is 1. The zero-order valence-electron chi connectivity index (χ0n) is 69.7. The second kappa shape index (κ2) is 50.3. The van der Waals surface area contributed by atoms with E-state index in [-0.39, 0.29) is 253 Å². The number of furan rings is 1. The average molecular weight is 1990 g/mol. The number of hydrogen-bond acceptors (Lipinski definition) is 14. The summed E-state index contributed by atoms with van der Waals surface area (Å²) in [5.41, 5.74) is 9.21. The third-order valence-corrected chi connectivity index (χ3v) is 27.7. The van der Waals surface area contributed by atoms with Crippen molar-refractivity contribution in [3.8, 4) is 0 Å². The van der Waals surface area contributed by atoms with Crippen molar-refractivity contribution in [2.24, 2.45) is 39.9 Å². The predicted octanol–water partition coefficient (Wildman–Crippen LogP) is 21.0. The molecule has 4 N–H and O–H groups in total. The van der Waals surface area contributed by atoms with Gasteiger partial charge in [0.05, 0.1) is 50.2 Å². The van der Waals surface area contributed by atoms with Crippen LogP contribution in [0, 0.1) is 64.5 Å². The van der Waals surface area contributed by atoms with E-state index in [9.17, 15) is 44.4 Å². The molecule has 7 aromatic rings. The number of rotatable bonds is 33. The number of fused-ring (bicyclic) bond motifs is 1. The Morgan fingerprint density at radius 2 is 1.17 bits per heavy atom. The van der Waals surface area contributed by atoms with Crippen LogP contribution in [0.2, 0.25) is 0 Å². The van der Waals surface area contributed by atoms with Crippen LogP contribution in [0.4, 0.5) is 0 Å². The molecule has 0 saturated heterocycles. The monoisotopic (exact) mass is 1980 g/mol. The van der Waals surface area contributed by atoms with Crippen LogP contribution in [0.25, 0.3) is 0 Å². The molecule has 7 aliphatic carbocycles. The predicted molar refractivity (Wildman–Crippen MR) is 452 cm³/mol. The molecule has 5 aromatic carbocycles. The minimum Gasteiger partial charge on any atom is -0.593 e. The largest absolute Gasteiger partial charge is 0.593 e. The third kappa shape index (κ3) is 27.5. The summed E-state index contributed by atoms with van der Waals surface area (Å²) in [7, 11) is 0. The van der Waals surface area contributed by atoms with Gasteiger partial charge in [-0.25, -0.2) is 6.07 Å². The SMILES string of the molecule is CC(C)(C)CCCC(=O)c1ccc(C2C(CCCc3cc[c-]s3)[C@H](Cl)C[C@H]2O)cc1.CCCC1(C(=O)c2cccc(C3C(COCc4c[c-]ccc4)[C@H](Cl)C[C@H]3O)c2)CCC1.O=C1CCc2cc(C3C(COCc4cc[c-]o4)C(=O)C[C@H]3O)ccc21.[CH2-]CCCOCC1C(c2ccc(C(=O)C3(CCC)CCC3)cc2)[C@H](O)C[C@H]1Cl.[Y].[Y].[Y].[Y]. The Labute approximate surface area is 821 Å². The number of carbonyl (C=O) groups excluding carboxylic acids is 5. The van der Waals surface area contributed by atoms with Crippen molar-refractivity contribution in [1.82, 2.24) is 0 Å². The van der Waals surface area contributed by atoms with Crippen molar-refractivity contribution in [2.75, 3.05) is 26.4 Å². The van der Waals surface area contributed by atoms with Crippen LogP contribution in [0.15, 0.2) is 144 Å². The Morgan fingerprint density at radius 3 is 1.73 bits per heavy atom. The molecule has 21 heteroatoms. The Kier molecular flexibility index (Phi) is 44.1. The molecule has 6 saturated carbocycles. The minimum atomic E-state index is -0.715. The zero-order chi connectivity index (χ0) is 81.1. The Morgan fingerprint density at radius 1 is 0.593 bits per heavy atom. The average Bonchev–Trinajstić information content (AvgIpc) is 1.44. The van der Waals surface area contributed by atoms with Crippen molar-refractivity contribution in [2.45, 2.75) is 266 Å². The molecule has 118 heavy (non-hydrogen) atoms. The van der Waals surface area contributed by atoms with Crippen LogP contribution in [0.1, 0.15) is 285 Å². The second-order valence-electron chi connectivity index (χ2n) is 34.5. The van der Waals surface area contributed by atoms with Gasteiger partial charge in [-0.3, -0.25) is 24.0 Å². The summed E-state index contributed by atoms with van der Waals surface area (Å²) in [4.78, 5) is 64.4. The molecule has 8 unspecified atom stereocenters. The van der Waals surface area contributed by atoms with Crippen LogP contribution in [0.5, 0.6) is 0 Å². The van der Waals surface area contributed by atoms with E-state index in [1.54, 1.807) is 23.5 Å². The molecule has 6 fully saturated rings. The van der Waals surface area contributed by atoms with E-state index in [1.165, 1.54) is 4.88 Å². The quantitative estimate of drug-likeness (QED) is 0.0131. The van der Waals surface area contributed by atoms with E-state index in [4.69, 9.17) is 53.4 Å². The fraction of sp³-hybridized carbons (Fsp3) is 0.546. The molecule has 0 spiro atoms. The van der Waals surface area contributed by atoms with E-state index in [0.717, 1.165) is 171 Å². The molecule has 15 atom stereocenters. The molecule has 628 valence electrons. The topological polar surface area (TPSA) is 207 Å². The third-order valence-electron chi connectivity index (χ3n) is 25.4. The van der Waals surface area contributed by atoms with Gasteiger partial charge in [0.25, 0.3) is 0 Å². The molecule has 7 aliphatic rings. The maximum absolute atomic E-state index is 13.3. The van der Waals surface area contributed by atoms with Crippen LogP contribution < -0.4 is 0 Å². The van der Waals surface area contributed by atoms with Crippen molar-refractivity contribution in [3.05, 3.63) is 230 Å². The summed E-state index contributed by atoms with van der Waals surface area (Å²) in [6.45, 7) is 17.5. The summed E-state index contributed by atoms with van der Waals surface area (Å²) in [6.07, 6.45) is 21.4. The maximum atomic E-state index is 13.3. The first kappa shape index (κ1) is 104. The summed E-state index contributed by atoms with van der Waals surface area (Å²) >= 11 is 21.5. The first-order valence-electron chi connectivity index (χ1n) is 42.1. The van der Waals surface area contributed by atoms with E-state index in [0.29, 0.717) is 70.1 Å². The van der Waals surface area contributed by atoms with Gasteiger partial charge >= 0.3 is 0 Å². The molecular weight excluding hydrogens is 1870 g/mol. The number of ketones is 5. The standard InChI is InChI=1S/C27H32ClO3.C26H34ClO2S.C24H34ClO3.C20H19O5.4Y/c1-2-12-27(13-7-14-27)26(30)21-11-6-10-20(15-21)25-22(23(28)16-24(25)29)18-31-17-19-8-4-3-5-9-19;1-26(2,3)15-5-10-23(28)18-11-13-19(14-12-18)25-21(22(27)17-24(25)29)9-4-7-20-8-6-16-30-20;1-3-5-14-28-16-19-20(25)15-21(26)22(19)17-7-9-18(10-8-17)23(27)24(11-4-2)12-6-13-24;21-17-6-4-12-8-13(3-5-15(12)17)20-16(18(22)9-19(20)23)11-24-10-14-2-1-7-25-14;;;;/h3-4,6,8-11,15,22-25,29H,2,7,12-14,16-18H2,1H3;6,8,11-14,21-22,24-25,29H,4-5,7,9-10,15,17H2,1-3H3;7-10,19-22,26H,1,3-6,11-16H2,2H3;1-3,5,8,16,19-20,23H,4,6,9-11H2;;;;/q4*-1;;;;/t22?,23-,24-,25?;21?,22-,24-,25?;19?,20-,21-,22?;16?,19-,20?;;;;/m1111..../s1. The van der Waals surface area contributed by atoms with Crippen molar-refractivity contribution >= 4 is 75.1 Å². The molecule has 2 heterocycles. The first-order valence-corrected chi connectivity index (χ1v) is 44.2. The summed E-state index contributed by atoms with van der Waals surface area (Å²) in [5.74, 6) is 1.15. The molecule has 0 amide bonds. The molecule has 0 bridgehead atoms. The number of aliphatic hydroxyl groups excluding tert-OH is 4. The maximum Gasteiger partial charge on any atom is 0.169 e. The summed E-state index contributed by atoms with van der Waals surface area (Å²) in [6, 6.07) is 47.7. The van der Waals surface area contributed by atoms with E-state index in [2.05, 4.69) is 65.3 Å². The van der Waals surface area contributed by atoms with Crippen molar-refractivity contribution < 1.29 is 194 Å². The van der Waals surface area contributed by atoms with Crippen LogP contribution >= 0.6 is 46.1 Å². The van der Waals surface area contributed by atoms with Gasteiger partial charge in [0.2, 0.25) is 0 Å². The normalized spacial score (nSPS) is 25.6. The van der Waals surface area contributed by atoms with Gasteiger partial charge in [0, 0.05) is 255 Å². The Hall–Kier alpha value is -1.56. The van der Waals surface area contributed by atoms with Gasteiger partial charge in [0.15, 0.2) is 23.1 Å². The number of benzene rings is 5. The van der Waals surface area contributed by atoms with Gasteiger partial charge in [-0.05, 0) is 141 Å². The molecule has 2 aromatic heterocycles. The van der Waals surface area contributed by atoms with Gasteiger partial charge in [-0.2, -0.15) is 48.9 Å². The van der Waals surface area contributed by atoms with Crippen LogP contribution in [-0.4, -0.2) is 116 Å². The van der Waals surface area contributed by atoms with Crippen molar-refractivity contribution in [3.63, 3.8) is 0 Å². The van der Waals surface area contributed by atoms with Crippen molar-refractivity contribution in [1.29, 1.82) is 0 Å². The molecule has 0 aliphatic heterocycles. The van der Waals surface area contributed by atoms with Crippen LogP contribution in [-0.2, 0) is 176 Å². The molecule has 4 radical (unpaired) electrons. The van der Waals surface area contributed by atoms with Gasteiger partial charge in [-0.15, -0.1) is 56.7 Å². The number of thiophene rings is 1. The first-order chi connectivity index (χ1) is 54.9. The number of aryl methyl sites for hydroxylation is 2. The number of halogens is 3. The number of hydrogen-bond donors (Lipinski definition) is 4. The smallest absolute Gasteiger partial charge is 0.169 e. The number of carbonyl (C=O) groups is 5. The number of aliphatic hydroxyl groups is 4. The minimum absolute atomic E-state index is 0. The molecule has 14 rings (SSSR count). The number of alkyl halides is 3. The van der Waals surface area contributed by atoms with E-state index >= 15 is 0 Å². The number of ether oxygens (including phenoxy) is 3. The Balaban J connectivity index is 0.000000215. The van der Waals surface area contributed by atoms with Gasteiger partial charge in [-0.1, -0.05) is 164 Å². The molecule has 13 nitrogen and oxygen atoms in total. The Bertz CT molecular complexity index is 4190. The summed E-state index contributed by atoms with van der Waals surface area (Å²) in [5, 5.41) is 45.4. The summed E-state index contributed by atoms with van der Waals surface area (Å²) < 4.78 is 22.5. The fourth-order valence-electron chi connectivity index (χ4n) is 19.0. The van der Waals surface area contributed by atoms with Gasteiger partial charge < -0.3 is 57.3 Å². The number of Topliss-reactive ketones (excluding diaryl/α,β-unsaturated/α-hetero) is 5.